The Morgan fingerprint density at radius 3 is 2.58 bits per heavy atom. The molecule has 2 fully saturated rings. The van der Waals surface area contributed by atoms with Crippen LogP contribution in [0.25, 0.3) is 5.69 Å². The zero-order valence-corrected chi connectivity index (χ0v) is 19.4. The molecule has 3 aliphatic rings. The van der Waals surface area contributed by atoms with E-state index in [2.05, 4.69) is 29.2 Å². The number of nitrogens with one attached hydrogen (secondary N) is 1. The van der Waals surface area contributed by atoms with Gasteiger partial charge < -0.3 is 16.0 Å². The van der Waals surface area contributed by atoms with E-state index in [1.54, 1.807) is 16.8 Å². The van der Waals surface area contributed by atoms with Gasteiger partial charge >= 0.3 is 0 Å². The molecule has 2 aliphatic carbocycles. The van der Waals surface area contributed by atoms with E-state index in [0.29, 0.717) is 35.3 Å². The van der Waals surface area contributed by atoms with Crippen molar-refractivity contribution in [2.24, 2.45) is 11.1 Å². The SMILES string of the molecule is CC1(C)CCc2c(C(F)F)nn(-c3ccc(C(N)=O)c(NC4CCN(C5CC5)CC4)c3)c2C1. The van der Waals surface area contributed by atoms with Gasteiger partial charge in [0.05, 0.1) is 11.3 Å². The van der Waals surface area contributed by atoms with Crippen LogP contribution in [0.5, 0.6) is 0 Å². The average Bonchev–Trinajstić information content (AvgIpc) is 3.54. The maximum Gasteiger partial charge on any atom is 0.282 e. The summed E-state index contributed by atoms with van der Waals surface area (Å²) in [4.78, 5) is 14.7. The van der Waals surface area contributed by atoms with Crippen LogP contribution in [0.2, 0.25) is 0 Å². The molecule has 1 aliphatic heterocycles. The average molecular weight is 458 g/mol. The van der Waals surface area contributed by atoms with Crippen molar-refractivity contribution < 1.29 is 13.6 Å². The van der Waals surface area contributed by atoms with Crippen LogP contribution in [0, 0.1) is 5.41 Å². The number of likely N-dealkylation sites (tertiary alicyclic amines) is 1. The molecule has 0 radical (unpaired) electrons. The van der Waals surface area contributed by atoms with Gasteiger partial charge in [-0.1, -0.05) is 13.8 Å². The molecule has 1 aromatic carbocycles. The standard InChI is InChI=1S/C25H33F2N5O/c1-25(2)10-7-19-21(14-25)32(30-22(19)23(26)27)17-5-6-18(24(28)33)20(13-17)29-15-8-11-31(12-9-15)16-3-4-16/h5-6,13,15-16,23,29H,3-4,7-12,14H2,1-2H3,(H2,28,33). The largest absolute Gasteiger partial charge is 0.382 e. The van der Waals surface area contributed by atoms with Crippen molar-refractivity contribution in [2.45, 2.75) is 77.3 Å². The molecule has 3 N–H and O–H groups in total. The van der Waals surface area contributed by atoms with E-state index in [1.165, 1.54) is 12.8 Å². The second kappa shape index (κ2) is 8.38. The summed E-state index contributed by atoms with van der Waals surface area (Å²) in [5, 5.41) is 7.87. The molecule has 6 nitrogen and oxygen atoms in total. The Balaban J connectivity index is 1.46. The van der Waals surface area contributed by atoms with Crippen LogP contribution in [0.4, 0.5) is 14.5 Å². The van der Waals surface area contributed by atoms with Crippen LogP contribution in [-0.2, 0) is 12.8 Å². The number of anilines is 1. The first-order valence-corrected chi connectivity index (χ1v) is 12.1. The lowest BCUT2D eigenvalue weighted by Crippen LogP contribution is -2.40. The number of halogens is 2. The van der Waals surface area contributed by atoms with E-state index in [4.69, 9.17) is 5.73 Å². The van der Waals surface area contributed by atoms with Crippen molar-refractivity contribution in [1.82, 2.24) is 14.7 Å². The number of carbonyl (C=O) groups excluding carboxylic acids is 1. The predicted octanol–water partition coefficient (Wildman–Crippen LogP) is 4.46. The monoisotopic (exact) mass is 457 g/mol. The number of hydrogen-bond acceptors (Lipinski definition) is 4. The van der Waals surface area contributed by atoms with Crippen molar-refractivity contribution in [2.75, 3.05) is 18.4 Å². The van der Waals surface area contributed by atoms with Gasteiger partial charge in [0, 0.05) is 42.1 Å². The summed E-state index contributed by atoms with van der Waals surface area (Å²) in [6.45, 7) is 6.42. The summed E-state index contributed by atoms with van der Waals surface area (Å²) in [5.74, 6) is -0.503. The summed E-state index contributed by atoms with van der Waals surface area (Å²) >= 11 is 0. The van der Waals surface area contributed by atoms with Crippen LogP contribution in [0.3, 0.4) is 0 Å². The van der Waals surface area contributed by atoms with E-state index in [1.807, 2.05) is 6.07 Å². The minimum Gasteiger partial charge on any atom is -0.382 e. The van der Waals surface area contributed by atoms with E-state index >= 15 is 0 Å². The number of hydrogen-bond donors (Lipinski definition) is 2. The summed E-state index contributed by atoms with van der Waals surface area (Å²) < 4.78 is 29.2. The maximum atomic E-state index is 13.8. The molecular formula is C25H33F2N5O. The van der Waals surface area contributed by atoms with Gasteiger partial charge in [0.15, 0.2) is 0 Å². The Kier molecular flexibility index (Phi) is 5.67. The first-order chi connectivity index (χ1) is 15.7. The number of fused-ring (bicyclic) bond motifs is 1. The number of aromatic nitrogens is 2. The van der Waals surface area contributed by atoms with Crippen LogP contribution in [0.15, 0.2) is 18.2 Å². The minimum atomic E-state index is -2.61. The first-order valence-electron chi connectivity index (χ1n) is 12.1. The fourth-order valence-corrected chi connectivity index (χ4v) is 5.42. The number of rotatable bonds is 6. The highest BCUT2D eigenvalue weighted by molar-refractivity contribution is 5.99. The minimum absolute atomic E-state index is 0.0218. The molecule has 0 atom stereocenters. The zero-order chi connectivity index (χ0) is 23.3. The number of piperidine rings is 1. The molecule has 33 heavy (non-hydrogen) atoms. The highest BCUT2D eigenvalue weighted by atomic mass is 19.3. The summed E-state index contributed by atoms with van der Waals surface area (Å²) in [6, 6.07) is 6.29. The van der Waals surface area contributed by atoms with Gasteiger partial charge in [-0.25, -0.2) is 13.5 Å². The fraction of sp³-hybridized carbons (Fsp3) is 0.600. The van der Waals surface area contributed by atoms with Gasteiger partial charge in [-0.15, -0.1) is 0 Å². The lowest BCUT2D eigenvalue weighted by atomic mass is 9.76. The van der Waals surface area contributed by atoms with Gasteiger partial charge in [0.2, 0.25) is 0 Å². The molecule has 1 saturated carbocycles. The summed E-state index contributed by atoms with van der Waals surface area (Å²) in [5.41, 5.74) is 8.82. The van der Waals surface area contributed by atoms with Gasteiger partial charge in [-0.3, -0.25) is 4.79 Å². The highest BCUT2D eigenvalue weighted by Gasteiger charge is 2.34. The maximum absolute atomic E-state index is 13.8. The lowest BCUT2D eigenvalue weighted by molar-refractivity contribution is 0.100. The Morgan fingerprint density at radius 1 is 1.21 bits per heavy atom. The smallest absolute Gasteiger partial charge is 0.282 e. The van der Waals surface area contributed by atoms with E-state index in [9.17, 15) is 13.6 Å². The molecule has 1 amide bonds. The molecule has 178 valence electrons. The van der Waals surface area contributed by atoms with Crippen molar-refractivity contribution in [3.05, 3.63) is 40.7 Å². The lowest BCUT2D eigenvalue weighted by Gasteiger charge is -2.33. The molecule has 8 heteroatoms. The van der Waals surface area contributed by atoms with Gasteiger partial charge in [0.25, 0.3) is 12.3 Å². The third-order valence-corrected chi connectivity index (χ3v) is 7.49. The van der Waals surface area contributed by atoms with Gasteiger partial charge in [-0.05, 0) is 68.6 Å². The second-order valence-electron chi connectivity index (χ2n) is 10.6. The molecule has 5 rings (SSSR count). The van der Waals surface area contributed by atoms with E-state index < -0.39 is 12.3 Å². The van der Waals surface area contributed by atoms with Crippen LogP contribution < -0.4 is 11.1 Å². The molecule has 0 unspecified atom stereocenters. The predicted molar refractivity (Wildman–Crippen MR) is 124 cm³/mol. The van der Waals surface area contributed by atoms with Crippen molar-refractivity contribution >= 4 is 11.6 Å². The molecule has 0 spiro atoms. The fourth-order valence-electron chi connectivity index (χ4n) is 5.42. The number of amides is 1. The van der Waals surface area contributed by atoms with Crippen molar-refractivity contribution in [1.29, 1.82) is 0 Å². The number of primary amides is 1. The van der Waals surface area contributed by atoms with Crippen LogP contribution >= 0.6 is 0 Å². The third-order valence-electron chi connectivity index (χ3n) is 7.49. The molecule has 2 aromatic rings. The summed E-state index contributed by atoms with van der Waals surface area (Å²) in [7, 11) is 0. The normalized spacial score (nSPS) is 21.2. The first kappa shape index (κ1) is 22.3. The second-order valence-corrected chi connectivity index (χ2v) is 10.6. The quantitative estimate of drug-likeness (QED) is 0.671. The molecule has 0 bridgehead atoms. The zero-order valence-electron chi connectivity index (χ0n) is 19.4. The molecule has 1 aromatic heterocycles. The Morgan fingerprint density at radius 2 is 1.94 bits per heavy atom. The summed E-state index contributed by atoms with van der Waals surface area (Å²) in [6.07, 6.45) is 4.14. The van der Waals surface area contributed by atoms with Gasteiger partial charge in [-0.2, -0.15) is 5.10 Å². The Bertz CT molecular complexity index is 1050. The number of benzene rings is 1. The molecule has 2 heterocycles. The molecule has 1 saturated heterocycles. The number of carbonyl (C=O) groups is 1. The number of alkyl halides is 2. The van der Waals surface area contributed by atoms with Crippen LogP contribution in [0.1, 0.15) is 79.7 Å². The number of nitrogens with two attached hydrogens (primary N) is 1. The topological polar surface area (TPSA) is 76.2 Å². The molecular weight excluding hydrogens is 424 g/mol. The van der Waals surface area contributed by atoms with Crippen LogP contribution in [-0.4, -0.2) is 45.8 Å². The van der Waals surface area contributed by atoms with E-state index in [0.717, 1.165) is 44.1 Å². The van der Waals surface area contributed by atoms with Crippen molar-refractivity contribution in [3.8, 4) is 5.69 Å². The number of nitrogens with zero attached hydrogens (tertiary/aromatic N) is 3. The third kappa shape index (κ3) is 4.50. The Labute approximate surface area is 193 Å². The van der Waals surface area contributed by atoms with Gasteiger partial charge in [0.1, 0.15) is 5.69 Å². The Hall–Kier alpha value is -2.48. The van der Waals surface area contributed by atoms with E-state index in [-0.39, 0.29) is 17.2 Å². The van der Waals surface area contributed by atoms with Crippen molar-refractivity contribution in [3.63, 3.8) is 0 Å². The highest BCUT2D eigenvalue weighted by Crippen LogP contribution is 2.40.